The number of anilines is 1. The van der Waals surface area contributed by atoms with Crippen LogP contribution >= 0.6 is 0 Å². The molecule has 1 aromatic carbocycles. The Kier molecular flexibility index (Phi) is 4.29. The molecule has 1 aromatic heterocycles. The van der Waals surface area contributed by atoms with Gasteiger partial charge >= 0.3 is 0 Å². The highest BCUT2D eigenvalue weighted by molar-refractivity contribution is 5.34. The molecular formula is C13H13F2N3O2. The lowest BCUT2D eigenvalue weighted by Crippen LogP contribution is -2.06. The average molecular weight is 281 g/mol. The molecule has 106 valence electrons. The number of aromatic nitrogens is 2. The fourth-order valence-corrected chi connectivity index (χ4v) is 1.59. The smallest absolute Gasteiger partial charge is 0.229 e. The van der Waals surface area contributed by atoms with Crippen LogP contribution < -0.4 is 14.8 Å². The molecule has 0 saturated carbocycles. The molecule has 20 heavy (non-hydrogen) atoms. The van der Waals surface area contributed by atoms with Crippen molar-refractivity contribution in [3.8, 4) is 11.8 Å². The van der Waals surface area contributed by atoms with Gasteiger partial charge in [-0.25, -0.2) is 8.78 Å². The van der Waals surface area contributed by atoms with Crippen LogP contribution in [-0.2, 0) is 6.54 Å². The second-order valence-electron chi connectivity index (χ2n) is 3.91. The molecule has 0 saturated heterocycles. The Morgan fingerprint density at radius 3 is 2.00 bits per heavy atom. The van der Waals surface area contributed by atoms with E-state index in [1.807, 2.05) is 0 Å². The Bertz CT molecular complexity index is 566. The molecule has 0 aliphatic carbocycles. The zero-order valence-electron chi connectivity index (χ0n) is 11.0. The van der Waals surface area contributed by atoms with Crippen molar-refractivity contribution in [1.29, 1.82) is 0 Å². The van der Waals surface area contributed by atoms with Crippen LogP contribution in [0.1, 0.15) is 5.56 Å². The van der Waals surface area contributed by atoms with Crippen LogP contribution in [0.15, 0.2) is 24.3 Å². The Labute approximate surface area is 114 Å². The lowest BCUT2D eigenvalue weighted by atomic mass is 10.2. The lowest BCUT2D eigenvalue weighted by Gasteiger charge is -2.08. The summed E-state index contributed by atoms with van der Waals surface area (Å²) in [6.07, 6.45) is 0. The number of hydrogen-bond acceptors (Lipinski definition) is 5. The molecule has 0 fully saturated rings. The van der Waals surface area contributed by atoms with Gasteiger partial charge < -0.3 is 14.8 Å². The first kappa shape index (κ1) is 14.0. The zero-order chi connectivity index (χ0) is 14.5. The van der Waals surface area contributed by atoms with Gasteiger partial charge in [-0.3, -0.25) is 0 Å². The summed E-state index contributed by atoms with van der Waals surface area (Å²) in [6.45, 7) is 0.172. The first-order chi connectivity index (χ1) is 9.60. The van der Waals surface area contributed by atoms with E-state index in [0.29, 0.717) is 17.3 Å². The maximum absolute atomic E-state index is 13.1. The number of nitrogens with zero attached hydrogens (tertiary/aromatic N) is 2. The quantitative estimate of drug-likeness (QED) is 0.912. The van der Waals surface area contributed by atoms with Gasteiger partial charge in [-0.15, -0.1) is 0 Å². The van der Waals surface area contributed by atoms with Crippen molar-refractivity contribution in [1.82, 2.24) is 9.97 Å². The van der Waals surface area contributed by atoms with Gasteiger partial charge in [-0.05, 0) is 17.7 Å². The van der Waals surface area contributed by atoms with Crippen LogP contribution in [-0.4, -0.2) is 24.2 Å². The van der Waals surface area contributed by atoms with E-state index < -0.39 is 11.6 Å². The third kappa shape index (κ3) is 3.53. The summed E-state index contributed by atoms with van der Waals surface area (Å²) in [7, 11) is 2.93. The number of methoxy groups -OCH3 is 2. The molecule has 0 amide bonds. The van der Waals surface area contributed by atoms with E-state index in [1.165, 1.54) is 32.4 Å². The summed E-state index contributed by atoms with van der Waals surface area (Å²) in [4.78, 5) is 8.10. The van der Waals surface area contributed by atoms with E-state index in [0.717, 1.165) is 6.07 Å². The van der Waals surface area contributed by atoms with E-state index >= 15 is 0 Å². The van der Waals surface area contributed by atoms with Crippen molar-refractivity contribution in [2.24, 2.45) is 0 Å². The van der Waals surface area contributed by atoms with Crippen molar-refractivity contribution >= 4 is 5.95 Å². The van der Waals surface area contributed by atoms with Crippen LogP contribution in [0.4, 0.5) is 14.7 Å². The molecule has 0 spiro atoms. The molecule has 0 aliphatic rings. The Morgan fingerprint density at radius 1 is 0.950 bits per heavy atom. The van der Waals surface area contributed by atoms with Gasteiger partial charge in [0.15, 0.2) is 0 Å². The van der Waals surface area contributed by atoms with E-state index in [-0.39, 0.29) is 12.5 Å². The molecule has 0 unspecified atom stereocenters. The number of nitrogens with one attached hydrogen (secondary N) is 1. The second kappa shape index (κ2) is 6.14. The lowest BCUT2D eigenvalue weighted by molar-refractivity contribution is 0.373. The molecule has 0 bridgehead atoms. The molecule has 1 N–H and O–H groups in total. The van der Waals surface area contributed by atoms with Crippen molar-refractivity contribution in [2.45, 2.75) is 6.54 Å². The number of benzene rings is 1. The van der Waals surface area contributed by atoms with Crippen molar-refractivity contribution in [3.63, 3.8) is 0 Å². The minimum absolute atomic E-state index is 0.172. The van der Waals surface area contributed by atoms with E-state index in [1.54, 1.807) is 0 Å². The van der Waals surface area contributed by atoms with Gasteiger partial charge in [0.05, 0.1) is 20.3 Å². The van der Waals surface area contributed by atoms with E-state index in [9.17, 15) is 8.78 Å². The van der Waals surface area contributed by atoms with Gasteiger partial charge in [0, 0.05) is 12.6 Å². The number of halogens is 2. The highest BCUT2D eigenvalue weighted by Crippen LogP contribution is 2.18. The molecule has 2 rings (SSSR count). The zero-order valence-corrected chi connectivity index (χ0v) is 11.0. The molecule has 0 radical (unpaired) electrons. The Hall–Kier alpha value is -2.44. The number of rotatable bonds is 5. The van der Waals surface area contributed by atoms with Crippen LogP contribution in [0, 0.1) is 11.6 Å². The predicted octanol–water partition coefficient (Wildman–Crippen LogP) is 2.38. The second-order valence-corrected chi connectivity index (χ2v) is 3.91. The van der Waals surface area contributed by atoms with Gasteiger partial charge in [-0.1, -0.05) is 0 Å². The standard InChI is InChI=1S/C13H13F2N3O2/c1-19-11-6-12(20-2)18-13(17-11)16-7-8-3-9(14)5-10(15)4-8/h3-6H,7H2,1-2H3,(H,16,17,18). The molecule has 0 atom stereocenters. The Balaban J connectivity index is 2.13. The van der Waals surface area contributed by atoms with Crippen LogP contribution in [0.3, 0.4) is 0 Å². The summed E-state index contributed by atoms with van der Waals surface area (Å²) in [5, 5.41) is 2.85. The highest BCUT2D eigenvalue weighted by Gasteiger charge is 2.06. The molecule has 5 nitrogen and oxygen atoms in total. The largest absolute Gasteiger partial charge is 0.481 e. The van der Waals surface area contributed by atoms with Gasteiger partial charge in [0.25, 0.3) is 0 Å². The van der Waals surface area contributed by atoms with E-state index in [2.05, 4.69) is 15.3 Å². The van der Waals surface area contributed by atoms with Crippen LogP contribution in [0.2, 0.25) is 0 Å². The normalized spacial score (nSPS) is 10.2. The minimum atomic E-state index is -0.633. The van der Waals surface area contributed by atoms with Crippen LogP contribution in [0.5, 0.6) is 11.8 Å². The third-order valence-corrected chi connectivity index (χ3v) is 2.47. The fraction of sp³-hybridized carbons (Fsp3) is 0.231. The average Bonchev–Trinajstić information content (AvgIpc) is 2.43. The summed E-state index contributed by atoms with van der Waals surface area (Å²) < 4.78 is 36.1. The minimum Gasteiger partial charge on any atom is -0.481 e. The SMILES string of the molecule is COc1cc(OC)nc(NCc2cc(F)cc(F)c2)n1. The fourth-order valence-electron chi connectivity index (χ4n) is 1.59. The van der Waals surface area contributed by atoms with E-state index in [4.69, 9.17) is 9.47 Å². The molecule has 0 aliphatic heterocycles. The molecule has 1 heterocycles. The van der Waals surface area contributed by atoms with Gasteiger partial charge in [-0.2, -0.15) is 9.97 Å². The molecule has 7 heteroatoms. The number of ether oxygens (including phenoxy) is 2. The number of hydrogen-bond donors (Lipinski definition) is 1. The van der Waals surface area contributed by atoms with Crippen molar-refractivity contribution in [2.75, 3.05) is 19.5 Å². The monoisotopic (exact) mass is 281 g/mol. The maximum atomic E-state index is 13.1. The summed E-state index contributed by atoms with van der Waals surface area (Å²) in [6, 6.07) is 4.79. The van der Waals surface area contributed by atoms with Gasteiger partial charge in [0.2, 0.25) is 17.7 Å². The van der Waals surface area contributed by atoms with Crippen molar-refractivity contribution < 1.29 is 18.3 Å². The molecule has 2 aromatic rings. The third-order valence-electron chi connectivity index (χ3n) is 2.47. The summed E-state index contributed by atoms with van der Waals surface area (Å²) in [5.41, 5.74) is 0.438. The molecular weight excluding hydrogens is 268 g/mol. The summed E-state index contributed by atoms with van der Waals surface area (Å²) in [5.74, 6) is -0.378. The summed E-state index contributed by atoms with van der Waals surface area (Å²) >= 11 is 0. The van der Waals surface area contributed by atoms with Crippen molar-refractivity contribution in [3.05, 3.63) is 41.5 Å². The van der Waals surface area contributed by atoms with Crippen LogP contribution in [0.25, 0.3) is 0 Å². The topological polar surface area (TPSA) is 56.3 Å². The Morgan fingerprint density at radius 2 is 1.50 bits per heavy atom. The predicted molar refractivity (Wildman–Crippen MR) is 68.8 cm³/mol. The first-order valence-electron chi connectivity index (χ1n) is 5.76. The highest BCUT2D eigenvalue weighted by atomic mass is 19.1. The van der Waals surface area contributed by atoms with Gasteiger partial charge in [0.1, 0.15) is 11.6 Å². The maximum Gasteiger partial charge on any atom is 0.229 e. The first-order valence-corrected chi connectivity index (χ1v) is 5.76.